The number of thioether (sulfide) groups is 1. The first-order valence-electron chi connectivity index (χ1n) is 9.44. The number of aromatic amines is 1. The summed E-state index contributed by atoms with van der Waals surface area (Å²) >= 11 is 13.6. The van der Waals surface area contributed by atoms with Gasteiger partial charge in [-0.2, -0.15) is 11.8 Å². The fourth-order valence-corrected chi connectivity index (χ4v) is 3.93. The molecular weight excluding hydrogens is 443 g/mol. The summed E-state index contributed by atoms with van der Waals surface area (Å²) in [5, 5.41) is 6.36. The maximum atomic E-state index is 12.7. The molecule has 3 N–H and O–H groups in total. The normalized spacial score (nSPS) is 12.0. The number of nitrogens with zero attached hydrogens (tertiary/aromatic N) is 1. The zero-order valence-corrected chi connectivity index (χ0v) is 18.7. The zero-order valence-electron chi connectivity index (χ0n) is 16.4. The van der Waals surface area contributed by atoms with Crippen LogP contribution >= 0.6 is 35.0 Å². The fourth-order valence-electron chi connectivity index (χ4n) is 2.97. The highest BCUT2D eigenvalue weighted by Crippen LogP contribution is 2.21. The topological polar surface area (TPSA) is 86.9 Å². The largest absolute Gasteiger partial charge is 0.354 e. The van der Waals surface area contributed by atoms with E-state index in [9.17, 15) is 9.59 Å². The van der Waals surface area contributed by atoms with E-state index in [2.05, 4.69) is 20.6 Å². The Labute approximate surface area is 189 Å². The number of hydrogen-bond acceptors (Lipinski definition) is 4. The van der Waals surface area contributed by atoms with Crippen LogP contribution in [0, 0.1) is 0 Å². The summed E-state index contributed by atoms with van der Waals surface area (Å²) < 4.78 is 0. The number of carbonyl (C=O) groups excluding carboxylic acids is 2. The molecule has 3 rings (SSSR count). The van der Waals surface area contributed by atoms with Gasteiger partial charge in [-0.3, -0.25) is 9.59 Å². The van der Waals surface area contributed by atoms with Crippen molar-refractivity contribution in [2.75, 3.05) is 18.6 Å². The average molecular weight is 465 g/mol. The molecule has 9 heteroatoms. The minimum atomic E-state index is -0.660. The van der Waals surface area contributed by atoms with Gasteiger partial charge in [-0.05, 0) is 48.8 Å². The van der Waals surface area contributed by atoms with E-state index in [4.69, 9.17) is 23.2 Å². The number of para-hydroxylation sites is 2. The minimum absolute atomic E-state index is 0.237. The van der Waals surface area contributed by atoms with Gasteiger partial charge < -0.3 is 15.6 Å². The summed E-state index contributed by atoms with van der Waals surface area (Å²) in [7, 11) is 0. The van der Waals surface area contributed by atoms with E-state index in [0.29, 0.717) is 24.4 Å². The Hall–Kier alpha value is -2.22. The number of amides is 2. The molecule has 158 valence electrons. The highest BCUT2D eigenvalue weighted by atomic mass is 35.5. The first-order valence-corrected chi connectivity index (χ1v) is 11.6. The van der Waals surface area contributed by atoms with Gasteiger partial charge in [0.2, 0.25) is 5.91 Å². The van der Waals surface area contributed by atoms with Gasteiger partial charge in [0, 0.05) is 18.0 Å². The second-order valence-electron chi connectivity index (χ2n) is 6.67. The van der Waals surface area contributed by atoms with Gasteiger partial charge in [0.15, 0.2) is 0 Å². The van der Waals surface area contributed by atoms with Crippen LogP contribution in [0.4, 0.5) is 0 Å². The van der Waals surface area contributed by atoms with Crippen molar-refractivity contribution in [3.05, 3.63) is 63.9 Å². The molecule has 0 fully saturated rings. The molecule has 2 amide bonds. The van der Waals surface area contributed by atoms with Crippen LogP contribution in [0.2, 0.25) is 10.0 Å². The molecule has 3 aromatic rings. The second-order valence-corrected chi connectivity index (χ2v) is 8.50. The molecule has 0 saturated heterocycles. The minimum Gasteiger partial charge on any atom is -0.354 e. The van der Waals surface area contributed by atoms with Crippen molar-refractivity contribution in [2.24, 2.45) is 0 Å². The van der Waals surface area contributed by atoms with Gasteiger partial charge in [0.1, 0.15) is 11.9 Å². The Kier molecular flexibility index (Phi) is 8.01. The number of benzene rings is 2. The van der Waals surface area contributed by atoms with Gasteiger partial charge in [0.25, 0.3) is 5.91 Å². The summed E-state index contributed by atoms with van der Waals surface area (Å²) in [6, 6.07) is 11.7. The third kappa shape index (κ3) is 5.90. The van der Waals surface area contributed by atoms with Crippen molar-refractivity contribution in [3.8, 4) is 0 Å². The van der Waals surface area contributed by atoms with E-state index in [1.165, 1.54) is 6.07 Å². The lowest BCUT2D eigenvalue weighted by molar-refractivity contribution is -0.122. The van der Waals surface area contributed by atoms with Gasteiger partial charge in [-0.1, -0.05) is 35.3 Å². The maximum absolute atomic E-state index is 12.7. The van der Waals surface area contributed by atoms with E-state index in [1.54, 1.807) is 23.9 Å². The molecule has 0 aliphatic rings. The Bertz CT molecular complexity index is 1010. The third-order valence-electron chi connectivity index (χ3n) is 4.51. The molecule has 0 aliphatic heterocycles. The van der Waals surface area contributed by atoms with Crippen LogP contribution < -0.4 is 10.6 Å². The first kappa shape index (κ1) is 22.5. The lowest BCUT2D eigenvalue weighted by Crippen LogP contribution is -2.47. The zero-order chi connectivity index (χ0) is 21.5. The number of fused-ring (bicyclic) bond motifs is 1. The van der Waals surface area contributed by atoms with Crippen LogP contribution in [0.1, 0.15) is 22.6 Å². The standard InChI is InChI=1S/C21H22Cl2N4O2S/c1-30-11-9-18(27-20(28)14-7-6-13(22)12-15(14)23)21(29)24-10-8-19-25-16-4-2-3-5-17(16)26-19/h2-7,12,18H,8-11H2,1H3,(H,24,29)(H,25,26)(H,27,28). The molecule has 0 saturated carbocycles. The molecule has 1 heterocycles. The molecule has 6 nitrogen and oxygen atoms in total. The van der Waals surface area contributed by atoms with E-state index < -0.39 is 11.9 Å². The Morgan fingerprint density at radius 3 is 2.73 bits per heavy atom. The molecule has 30 heavy (non-hydrogen) atoms. The van der Waals surface area contributed by atoms with Crippen LogP contribution in [0.15, 0.2) is 42.5 Å². The average Bonchev–Trinajstić information content (AvgIpc) is 3.13. The highest BCUT2D eigenvalue weighted by Gasteiger charge is 2.22. The molecule has 0 radical (unpaired) electrons. The van der Waals surface area contributed by atoms with Gasteiger partial charge in [-0.25, -0.2) is 4.98 Å². The molecular formula is C21H22Cl2N4O2S. The molecule has 0 bridgehead atoms. The number of carbonyl (C=O) groups is 2. The molecule has 0 spiro atoms. The summed E-state index contributed by atoms with van der Waals surface area (Å²) in [6.07, 6.45) is 3.02. The Morgan fingerprint density at radius 2 is 2.00 bits per heavy atom. The predicted octanol–water partition coefficient (Wildman–Crippen LogP) is 4.08. The quantitative estimate of drug-likeness (QED) is 0.445. The predicted molar refractivity (Wildman–Crippen MR) is 124 cm³/mol. The van der Waals surface area contributed by atoms with Crippen molar-refractivity contribution >= 4 is 57.8 Å². The van der Waals surface area contributed by atoms with Gasteiger partial charge in [0.05, 0.1) is 21.6 Å². The summed E-state index contributed by atoms with van der Waals surface area (Å²) in [5.74, 6) is 0.888. The van der Waals surface area contributed by atoms with Crippen LogP contribution in [0.5, 0.6) is 0 Å². The molecule has 1 unspecified atom stereocenters. The van der Waals surface area contributed by atoms with Crippen LogP contribution in [0.3, 0.4) is 0 Å². The van der Waals surface area contributed by atoms with E-state index in [-0.39, 0.29) is 16.5 Å². The van der Waals surface area contributed by atoms with E-state index >= 15 is 0 Å². The molecule has 1 atom stereocenters. The highest BCUT2D eigenvalue weighted by molar-refractivity contribution is 7.98. The lowest BCUT2D eigenvalue weighted by atomic mass is 10.1. The Morgan fingerprint density at radius 1 is 1.20 bits per heavy atom. The molecule has 0 aliphatic carbocycles. The SMILES string of the molecule is CSCCC(NC(=O)c1ccc(Cl)cc1Cl)C(=O)NCCc1nc2ccccc2[nH]1. The van der Waals surface area contributed by atoms with Crippen molar-refractivity contribution in [1.29, 1.82) is 0 Å². The number of halogens is 2. The first-order chi connectivity index (χ1) is 14.5. The summed E-state index contributed by atoms with van der Waals surface area (Å²) in [5.41, 5.74) is 2.14. The lowest BCUT2D eigenvalue weighted by Gasteiger charge is -2.18. The van der Waals surface area contributed by atoms with Crippen molar-refractivity contribution in [3.63, 3.8) is 0 Å². The van der Waals surface area contributed by atoms with Gasteiger partial charge >= 0.3 is 0 Å². The number of nitrogens with one attached hydrogen (secondary N) is 3. The van der Waals surface area contributed by atoms with Crippen molar-refractivity contribution in [2.45, 2.75) is 18.9 Å². The van der Waals surface area contributed by atoms with Crippen LogP contribution in [-0.4, -0.2) is 46.4 Å². The second kappa shape index (κ2) is 10.7. The Balaban J connectivity index is 1.59. The number of hydrogen-bond donors (Lipinski definition) is 3. The van der Waals surface area contributed by atoms with E-state index in [1.807, 2.05) is 30.5 Å². The molecule has 1 aromatic heterocycles. The van der Waals surface area contributed by atoms with Gasteiger partial charge in [-0.15, -0.1) is 0 Å². The monoisotopic (exact) mass is 464 g/mol. The summed E-state index contributed by atoms with van der Waals surface area (Å²) in [6.45, 7) is 0.409. The summed E-state index contributed by atoms with van der Waals surface area (Å²) in [4.78, 5) is 33.0. The third-order valence-corrected chi connectivity index (χ3v) is 5.70. The fraction of sp³-hybridized carbons (Fsp3) is 0.286. The number of aromatic nitrogens is 2. The van der Waals surface area contributed by atoms with E-state index in [0.717, 1.165) is 22.6 Å². The smallest absolute Gasteiger partial charge is 0.253 e. The van der Waals surface area contributed by atoms with Crippen molar-refractivity contribution in [1.82, 2.24) is 20.6 Å². The maximum Gasteiger partial charge on any atom is 0.253 e. The number of imidazole rings is 1. The number of rotatable bonds is 9. The van der Waals surface area contributed by atoms with Crippen LogP contribution in [0.25, 0.3) is 11.0 Å². The van der Waals surface area contributed by atoms with Crippen molar-refractivity contribution < 1.29 is 9.59 Å². The molecule has 2 aromatic carbocycles. The number of H-pyrrole nitrogens is 1. The van der Waals surface area contributed by atoms with Crippen LogP contribution in [-0.2, 0) is 11.2 Å².